The zero-order valence-electron chi connectivity index (χ0n) is 18.5. The number of piperazine rings is 1. The minimum absolute atomic E-state index is 0.100. The van der Waals surface area contributed by atoms with Crippen molar-refractivity contribution in [2.24, 2.45) is 0 Å². The molecule has 0 bridgehead atoms. The van der Waals surface area contributed by atoms with Gasteiger partial charge in [-0.15, -0.1) is 11.3 Å². The van der Waals surface area contributed by atoms with Gasteiger partial charge in [0.1, 0.15) is 4.21 Å². The third kappa shape index (κ3) is 5.05. The topological polar surface area (TPSA) is 107 Å². The SMILES string of the molecule is Cc1ccc(S(=O)(=O)N(C)C)cc1NC(=O)C(C)N1CCN(S(=O)(=O)c2cccs2)CC1. The van der Waals surface area contributed by atoms with Gasteiger partial charge in [-0.1, -0.05) is 12.1 Å². The number of hydrogen-bond acceptors (Lipinski definition) is 7. The molecule has 0 spiro atoms. The molecule has 12 heteroatoms. The summed E-state index contributed by atoms with van der Waals surface area (Å²) in [5, 5.41) is 4.56. The van der Waals surface area contributed by atoms with Crippen molar-refractivity contribution in [2.75, 3.05) is 45.6 Å². The molecule has 1 unspecified atom stereocenters. The van der Waals surface area contributed by atoms with Crippen molar-refractivity contribution in [1.82, 2.24) is 13.5 Å². The summed E-state index contributed by atoms with van der Waals surface area (Å²) >= 11 is 1.19. The van der Waals surface area contributed by atoms with Crippen LogP contribution in [0.3, 0.4) is 0 Å². The van der Waals surface area contributed by atoms with E-state index in [1.54, 1.807) is 37.4 Å². The van der Waals surface area contributed by atoms with E-state index in [4.69, 9.17) is 0 Å². The minimum Gasteiger partial charge on any atom is -0.324 e. The largest absolute Gasteiger partial charge is 0.324 e. The van der Waals surface area contributed by atoms with Crippen molar-refractivity contribution >= 4 is 43.0 Å². The molecule has 9 nitrogen and oxygen atoms in total. The van der Waals surface area contributed by atoms with Crippen molar-refractivity contribution in [2.45, 2.75) is 29.0 Å². The fourth-order valence-electron chi connectivity index (χ4n) is 3.38. The number of thiophene rings is 1. The number of aryl methyl sites for hydroxylation is 1. The van der Waals surface area contributed by atoms with Gasteiger partial charge in [0.15, 0.2) is 0 Å². The normalized spacial score (nSPS) is 17.4. The second-order valence-corrected chi connectivity index (χ2v) is 13.1. The number of benzene rings is 1. The Balaban J connectivity index is 1.66. The molecule has 1 atom stereocenters. The average Bonchev–Trinajstić information content (AvgIpc) is 3.30. The van der Waals surface area contributed by atoms with Crippen LogP contribution in [-0.4, -0.2) is 82.6 Å². The molecule has 1 fully saturated rings. The van der Waals surface area contributed by atoms with Crippen molar-refractivity contribution in [3.8, 4) is 0 Å². The highest BCUT2D eigenvalue weighted by Crippen LogP contribution is 2.24. The van der Waals surface area contributed by atoms with Crippen molar-refractivity contribution < 1.29 is 21.6 Å². The summed E-state index contributed by atoms with van der Waals surface area (Å²) in [6, 6.07) is 7.43. The molecule has 1 N–H and O–H groups in total. The fourth-order valence-corrected chi connectivity index (χ4v) is 6.87. The summed E-state index contributed by atoms with van der Waals surface area (Å²) in [5.41, 5.74) is 1.18. The van der Waals surface area contributed by atoms with E-state index >= 15 is 0 Å². The van der Waals surface area contributed by atoms with Crippen LogP contribution in [0.25, 0.3) is 0 Å². The number of sulfonamides is 2. The maximum absolute atomic E-state index is 12.9. The van der Waals surface area contributed by atoms with Crippen molar-refractivity contribution in [3.05, 3.63) is 41.3 Å². The average molecular weight is 501 g/mol. The van der Waals surface area contributed by atoms with Crippen LogP contribution in [0.2, 0.25) is 0 Å². The summed E-state index contributed by atoms with van der Waals surface area (Å²) in [4.78, 5) is 14.9. The van der Waals surface area contributed by atoms with E-state index in [9.17, 15) is 21.6 Å². The first kappa shape index (κ1) is 24.8. The number of nitrogens with zero attached hydrogens (tertiary/aromatic N) is 3. The van der Waals surface area contributed by atoms with Crippen LogP contribution in [0.4, 0.5) is 5.69 Å². The summed E-state index contributed by atoms with van der Waals surface area (Å²) in [5.74, 6) is -0.276. The first-order chi connectivity index (χ1) is 14.9. The number of nitrogens with one attached hydrogen (secondary N) is 1. The molecule has 1 aromatic carbocycles. The predicted octanol–water partition coefficient (Wildman–Crippen LogP) is 1.64. The molecule has 0 aliphatic carbocycles. The van der Waals surface area contributed by atoms with E-state index in [-0.39, 0.29) is 10.8 Å². The van der Waals surface area contributed by atoms with Crippen LogP contribution >= 0.6 is 11.3 Å². The number of carbonyl (C=O) groups is 1. The molecular weight excluding hydrogens is 472 g/mol. The molecule has 3 rings (SSSR count). The van der Waals surface area contributed by atoms with Gasteiger partial charge in [-0.2, -0.15) is 4.31 Å². The molecule has 2 aromatic rings. The van der Waals surface area contributed by atoms with Gasteiger partial charge in [0.2, 0.25) is 15.9 Å². The number of anilines is 1. The highest BCUT2D eigenvalue weighted by atomic mass is 32.2. The molecule has 32 heavy (non-hydrogen) atoms. The van der Waals surface area contributed by atoms with Gasteiger partial charge < -0.3 is 5.32 Å². The molecule has 1 saturated heterocycles. The number of hydrogen-bond donors (Lipinski definition) is 1. The second kappa shape index (κ2) is 9.57. The third-order valence-corrected chi connectivity index (χ3v) is 10.6. The van der Waals surface area contributed by atoms with Crippen molar-refractivity contribution in [3.63, 3.8) is 0 Å². The highest BCUT2D eigenvalue weighted by molar-refractivity contribution is 7.91. The molecular formula is C20H28N4O5S3. The quantitative estimate of drug-likeness (QED) is 0.619. The van der Waals surface area contributed by atoms with Gasteiger partial charge >= 0.3 is 0 Å². The molecule has 0 saturated carbocycles. The standard InChI is InChI=1S/C20H28N4O5S3/c1-15-7-8-17(31(26,27)22(3)4)14-18(15)21-20(25)16(2)23-9-11-24(12-10-23)32(28,29)19-6-5-13-30-19/h5-8,13-14,16H,9-12H2,1-4H3,(H,21,25). The minimum atomic E-state index is -3.62. The molecule has 1 aliphatic heterocycles. The van der Waals surface area contributed by atoms with E-state index in [2.05, 4.69) is 5.32 Å². The Hall–Kier alpha value is -1.83. The molecule has 176 valence electrons. The Kier molecular flexibility index (Phi) is 7.42. The van der Waals surface area contributed by atoms with E-state index in [1.807, 2.05) is 4.90 Å². The van der Waals surface area contributed by atoms with Crippen LogP contribution < -0.4 is 5.32 Å². The Morgan fingerprint density at radius 1 is 1.09 bits per heavy atom. The Morgan fingerprint density at radius 3 is 2.31 bits per heavy atom. The lowest BCUT2D eigenvalue weighted by atomic mass is 10.1. The fraction of sp³-hybridized carbons (Fsp3) is 0.450. The zero-order valence-corrected chi connectivity index (χ0v) is 20.9. The third-order valence-electron chi connectivity index (χ3n) is 5.54. The lowest BCUT2D eigenvalue weighted by Crippen LogP contribution is -2.53. The number of carbonyl (C=O) groups excluding carboxylic acids is 1. The molecule has 2 heterocycles. The summed E-state index contributed by atoms with van der Waals surface area (Å²) in [6.07, 6.45) is 0. The smallest absolute Gasteiger partial charge is 0.252 e. The van der Waals surface area contributed by atoms with Gasteiger partial charge in [-0.05, 0) is 43.0 Å². The predicted molar refractivity (Wildman–Crippen MR) is 125 cm³/mol. The Labute approximate surface area is 193 Å². The highest BCUT2D eigenvalue weighted by Gasteiger charge is 2.32. The lowest BCUT2D eigenvalue weighted by molar-refractivity contribution is -0.121. The zero-order chi connectivity index (χ0) is 23.7. The van der Waals surface area contributed by atoms with Crippen LogP contribution in [0.15, 0.2) is 44.8 Å². The molecule has 1 aliphatic rings. The van der Waals surface area contributed by atoms with E-state index in [0.29, 0.717) is 36.1 Å². The van der Waals surface area contributed by atoms with Crippen LogP contribution in [0, 0.1) is 6.92 Å². The molecule has 1 aromatic heterocycles. The summed E-state index contributed by atoms with van der Waals surface area (Å²) in [6.45, 7) is 5.00. The lowest BCUT2D eigenvalue weighted by Gasteiger charge is -2.36. The Morgan fingerprint density at radius 2 is 1.75 bits per heavy atom. The Bertz CT molecular complexity index is 1170. The molecule has 0 radical (unpaired) electrons. The number of rotatable bonds is 7. The molecule has 1 amide bonds. The first-order valence-corrected chi connectivity index (χ1v) is 13.8. The number of amides is 1. The van der Waals surface area contributed by atoms with Gasteiger partial charge in [0.05, 0.1) is 10.9 Å². The second-order valence-electron chi connectivity index (χ2n) is 7.80. The van der Waals surface area contributed by atoms with Crippen LogP contribution in [0.5, 0.6) is 0 Å². The summed E-state index contributed by atoms with van der Waals surface area (Å²) in [7, 11) is -4.22. The monoisotopic (exact) mass is 500 g/mol. The summed E-state index contributed by atoms with van der Waals surface area (Å²) < 4.78 is 53.1. The van der Waals surface area contributed by atoms with Gasteiger partial charge in [0.25, 0.3) is 10.0 Å². The van der Waals surface area contributed by atoms with Crippen LogP contribution in [-0.2, 0) is 24.8 Å². The van der Waals surface area contributed by atoms with Gasteiger partial charge in [-0.25, -0.2) is 21.1 Å². The van der Waals surface area contributed by atoms with E-state index in [0.717, 1.165) is 9.87 Å². The van der Waals surface area contributed by atoms with Gasteiger partial charge in [0, 0.05) is 46.0 Å². The first-order valence-electron chi connectivity index (χ1n) is 10.1. The van der Waals surface area contributed by atoms with E-state index < -0.39 is 26.1 Å². The van der Waals surface area contributed by atoms with Gasteiger partial charge in [-0.3, -0.25) is 9.69 Å². The van der Waals surface area contributed by atoms with Crippen molar-refractivity contribution in [1.29, 1.82) is 0 Å². The maximum atomic E-state index is 12.9. The maximum Gasteiger partial charge on any atom is 0.252 e. The van der Waals surface area contributed by atoms with E-state index in [1.165, 1.54) is 41.9 Å². The van der Waals surface area contributed by atoms with Crippen LogP contribution in [0.1, 0.15) is 12.5 Å².